The molecule has 0 fully saturated rings. The first-order chi connectivity index (χ1) is 25.0. The molecule has 1 unspecified atom stereocenters. The minimum absolute atomic E-state index is 0.0442. The van der Waals surface area contributed by atoms with Crippen LogP contribution in [-0.2, 0) is 14.3 Å². The van der Waals surface area contributed by atoms with Gasteiger partial charge in [0.05, 0.1) is 0 Å². The highest BCUT2D eigenvalue weighted by Crippen LogP contribution is 2.19. The van der Waals surface area contributed by atoms with Gasteiger partial charge in [0, 0.05) is 19.4 Å². The van der Waals surface area contributed by atoms with E-state index in [4.69, 9.17) is 4.74 Å². The molecule has 0 aliphatic rings. The molecule has 0 saturated heterocycles. The lowest BCUT2D eigenvalue weighted by molar-refractivity contribution is -0.150. The van der Waals surface area contributed by atoms with Gasteiger partial charge in [-0.3, -0.25) is 9.59 Å². The van der Waals surface area contributed by atoms with Crippen LogP contribution in [0, 0.1) is 5.92 Å². The van der Waals surface area contributed by atoms with Crippen LogP contribution in [-0.4, -0.2) is 49.1 Å². The van der Waals surface area contributed by atoms with Gasteiger partial charge < -0.3 is 15.0 Å². The molecular formula is C46H92N2O3. The molecule has 0 heterocycles. The largest absolute Gasteiger partial charge is 0.462 e. The fraction of sp³-hybridized carbons (Fsp3) is 0.957. The molecule has 0 aromatic carbocycles. The van der Waals surface area contributed by atoms with Gasteiger partial charge in [0.2, 0.25) is 5.91 Å². The highest BCUT2D eigenvalue weighted by atomic mass is 16.5. The average molecular weight is 721 g/mol. The zero-order valence-corrected chi connectivity index (χ0v) is 35.5. The first kappa shape index (κ1) is 49.9. The number of rotatable bonds is 41. The zero-order chi connectivity index (χ0) is 37.5. The van der Waals surface area contributed by atoms with Gasteiger partial charge in [-0.2, -0.15) is 0 Å². The number of ether oxygens (including phenoxy) is 1. The number of unbranched alkanes of at least 4 members (excludes halogenated alkanes) is 22. The van der Waals surface area contributed by atoms with E-state index in [1.807, 2.05) is 0 Å². The predicted octanol–water partition coefficient (Wildman–Crippen LogP) is 13.9. The summed E-state index contributed by atoms with van der Waals surface area (Å²) in [5.74, 6) is 0.880. The van der Waals surface area contributed by atoms with Crippen molar-refractivity contribution in [2.75, 3.05) is 26.2 Å². The monoisotopic (exact) mass is 721 g/mol. The molecule has 0 radical (unpaired) electrons. The lowest BCUT2D eigenvalue weighted by atomic mass is 10.0. The van der Waals surface area contributed by atoms with Crippen LogP contribution < -0.4 is 5.32 Å². The second-order valence-electron chi connectivity index (χ2n) is 16.2. The number of carbonyl (C=O) groups is 2. The molecule has 0 spiro atoms. The molecule has 0 bridgehead atoms. The van der Waals surface area contributed by atoms with E-state index in [9.17, 15) is 9.59 Å². The van der Waals surface area contributed by atoms with Crippen LogP contribution in [0.5, 0.6) is 0 Å². The SMILES string of the molecule is CCCCCCCCC(CCCCCCCC)OC(=O)CCCCCCCN(CCC)CCCCCCCC(=O)NCC(C)CCCCCCC. The van der Waals surface area contributed by atoms with Crippen molar-refractivity contribution in [1.82, 2.24) is 10.2 Å². The summed E-state index contributed by atoms with van der Waals surface area (Å²) in [5.41, 5.74) is 0. The van der Waals surface area contributed by atoms with Gasteiger partial charge in [-0.05, 0) is 89.8 Å². The molecule has 304 valence electrons. The van der Waals surface area contributed by atoms with E-state index in [1.54, 1.807) is 0 Å². The molecule has 51 heavy (non-hydrogen) atoms. The maximum absolute atomic E-state index is 12.7. The Bertz CT molecular complexity index is 713. The third-order valence-electron chi connectivity index (χ3n) is 10.8. The summed E-state index contributed by atoms with van der Waals surface area (Å²) in [6.07, 6.45) is 40.0. The molecule has 5 heteroatoms. The minimum atomic E-state index is 0.0442. The molecule has 0 aromatic heterocycles. The molecule has 0 aliphatic heterocycles. The topological polar surface area (TPSA) is 58.6 Å². The van der Waals surface area contributed by atoms with Gasteiger partial charge >= 0.3 is 5.97 Å². The van der Waals surface area contributed by atoms with Gasteiger partial charge in [0.1, 0.15) is 6.10 Å². The Morgan fingerprint density at radius 3 is 1.37 bits per heavy atom. The Morgan fingerprint density at radius 2 is 0.882 bits per heavy atom. The molecule has 0 rings (SSSR count). The van der Waals surface area contributed by atoms with Crippen LogP contribution in [0.2, 0.25) is 0 Å². The summed E-state index contributed by atoms with van der Waals surface area (Å²) in [7, 11) is 0. The maximum atomic E-state index is 12.7. The lowest BCUT2D eigenvalue weighted by Crippen LogP contribution is -2.28. The molecule has 5 nitrogen and oxygen atoms in total. The second-order valence-corrected chi connectivity index (χ2v) is 16.2. The number of nitrogens with zero attached hydrogens (tertiary/aromatic N) is 1. The summed E-state index contributed by atoms with van der Waals surface area (Å²) in [4.78, 5) is 27.6. The third kappa shape index (κ3) is 37.0. The summed E-state index contributed by atoms with van der Waals surface area (Å²) in [5, 5.41) is 3.17. The van der Waals surface area contributed by atoms with Crippen LogP contribution >= 0.6 is 0 Å². The Labute approximate surface area is 320 Å². The van der Waals surface area contributed by atoms with Crippen LogP contribution in [0.3, 0.4) is 0 Å². The highest BCUT2D eigenvalue weighted by Gasteiger charge is 2.14. The van der Waals surface area contributed by atoms with Crippen molar-refractivity contribution in [3.63, 3.8) is 0 Å². The predicted molar refractivity (Wildman–Crippen MR) is 224 cm³/mol. The molecule has 1 N–H and O–H groups in total. The Morgan fingerprint density at radius 1 is 0.471 bits per heavy atom. The molecule has 0 saturated carbocycles. The van der Waals surface area contributed by atoms with Crippen molar-refractivity contribution < 1.29 is 14.3 Å². The number of carbonyl (C=O) groups excluding carboxylic acids is 2. The Kier molecular flexibility index (Phi) is 39.2. The Balaban J connectivity index is 3.98. The van der Waals surface area contributed by atoms with E-state index >= 15 is 0 Å². The molecule has 0 aromatic rings. The molecule has 1 amide bonds. The van der Waals surface area contributed by atoms with Gasteiger partial charge in [-0.15, -0.1) is 0 Å². The quantitative estimate of drug-likeness (QED) is 0.0504. The number of esters is 1. The first-order valence-electron chi connectivity index (χ1n) is 23.1. The summed E-state index contributed by atoms with van der Waals surface area (Å²) in [6, 6.07) is 0. The van der Waals surface area contributed by atoms with Gasteiger partial charge in [0.25, 0.3) is 0 Å². The summed E-state index contributed by atoms with van der Waals surface area (Å²) >= 11 is 0. The van der Waals surface area contributed by atoms with Gasteiger partial charge in [-0.25, -0.2) is 0 Å². The van der Waals surface area contributed by atoms with E-state index in [2.05, 4.69) is 44.8 Å². The molecule has 1 atom stereocenters. The van der Waals surface area contributed by atoms with Gasteiger partial charge in [0.15, 0.2) is 0 Å². The number of amides is 1. The van der Waals surface area contributed by atoms with E-state index in [0.717, 1.165) is 38.6 Å². The summed E-state index contributed by atoms with van der Waals surface area (Å²) in [6.45, 7) is 15.8. The highest BCUT2D eigenvalue weighted by molar-refractivity contribution is 5.75. The fourth-order valence-electron chi connectivity index (χ4n) is 7.32. The number of hydrogen-bond donors (Lipinski definition) is 1. The van der Waals surface area contributed by atoms with E-state index in [1.165, 1.54) is 187 Å². The Hall–Kier alpha value is -1.10. The number of nitrogens with one attached hydrogen (secondary N) is 1. The normalized spacial score (nSPS) is 12.2. The third-order valence-corrected chi connectivity index (χ3v) is 10.8. The maximum Gasteiger partial charge on any atom is 0.306 e. The van der Waals surface area contributed by atoms with Crippen LogP contribution in [0.1, 0.15) is 247 Å². The minimum Gasteiger partial charge on any atom is -0.462 e. The zero-order valence-electron chi connectivity index (χ0n) is 35.5. The van der Waals surface area contributed by atoms with E-state index in [0.29, 0.717) is 18.8 Å². The van der Waals surface area contributed by atoms with Gasteiger partial charge in [-0.1, -0.05) is 169 Å². The van der Waals surface area contributed by atoms with Crippen LogP contribution in [0.4, 0.5) is 0 Å². The first-order valence-corrected chi connectivity index (χ1v) is 23.1. The van der Waals surface area contributed by atoms with E-state index in [-0.39, 0.29) is 18.0 Å². The lowest BCUT2D eigenvalue weighted by Gasteiger charge is -2.21. The van der Waals surface area contributed by atoms with Crippen molar-refractivity contribution in [2.45, 2.75) is 253 Å². The average Bonchev–Trinajstić information content (AvgIpc) is 3.12. The van der Waals surface area contributed by atoms with Crippen LogP contribution in [0.15, 0.2) is 0 Å². The second kappa shape index (κ2) is 40.1. The standard InChI is InChI=1S/C46H92N2O3/c1-6-10-13-16-21-28-35-44(36-29-22-17-14-11-7-2)51-46(50)38-31-24-19-26-33-41-48(39-9-4)40-32-25-18-23-30-37-45(49)47-42-43(5)34-27-20-15-12-8-3/h43-44H,6-42H2,1-5H3,(H,47,49). The smallest absolute Gasteiger partial charge is 0.306 e. The fourth-order valence-corrected chi connectivity index (χ4v) is 7.32. The van der Waals surface area contributed by atoms with Crippen molar-refractivity contribution in [1.29, 1.82) is 0 Å². The number of hydrogen-bond acceptors (Lipinski definition) is 4. The molecule has 0 aliphatic carbocycles. The van der Waals surface area contributed by atoms with Crippen molar-refractivity contribution in [3.05, 3.63) is 0 Å². The summed E-state index contributed by atoms with van der Waals surface area (Å²) < 4.78 is 6.04. The van der Waals surface area contributed by atoms with Crippen molar-refractivity contribution in [2.24, 2.45) is 5.92 Å². The van der Waals surface area contributed by atoms with Crippen LogP contribution in [0.25, 0.3) is 0 Å². The molecular weight excluding hydrogens is 629 g/mol. The van der Waals surface area contributed by atoms with E-state index < -0.39 is 0 Å². The van der Waals surface area contributed by atoms with Crippen molar-refractivity contribution in [3.8, 4) is 0 Å². The van der Waals surface area contributed by atoms with Crippen molar-refractivity contribution >= 4 is 11.9 Å².